The number of carboxylic acids is 1. The lowest BCUT2D eigenvalue weighted by atomic mass is 10.2. The number of carboxylic acid groups (broad SMARTS) is 1. The first-order chi connectivity index (χ1) is 8.95. The van der Waals surface area contributed by atoms with Crippen molar-refractivity contribution >= 4 is 57.2 Å². The van der Waals surface area contributed by atoms with E-state index in [1.54, 1.807) is 6.07 Å². The summed E-state index contributed by atoms with van der Waals surface area (Å²) in [6, 6.07) is 3.97. The fraction of sp³-hybridized carbons (Fsp3) is 0.182. The summed E-state index contributed by atoms with van der Waals surface area (Å²) in [5, 5.41) is 13.8. The van der Waals surface area contributed by atoms with Gasteiger partial charge in [0.25, 0.3) is 5.24 Å². The van der Waals surface area contributed by atoms with Crippen molar-refractivity contribution in [2.24, 2.45) is 0 Å². The summed E-state index contributed by atoms with van der Waals surface area (Å²) in [4.78, 5) is 33.8. The van der Waals surface area contributed by atoms with Crippen LogP contribution in [-0.4, -0.2) is 34.0 Å². The third-order valence-electron chi connectivity index (χ3n) is 2.40. The van der Waals surface area contributed by atoms with Gasteiger partial charge in [0, 0.05) is 15.0 Å². The third kappa shape index (κ3) is 3.60. The number of anilines is 1. The molecule has 1 atom stereocenters. The Labute approximate surface area is 126 Å². The van der Waals surface area contributed by atoms with Crippen LogP contribution in [0.4, 0.5) is 10.5 Å². The van der Waals surface area contributed by atoms with Crippen LogP contribution in [-0.2, 0) is 4.79 Å². The predicted octanol–water partition coefficient (Wildman–Crippen LogP) is 1.75. The molecular weight excluding hydrogens is 383 g/mol. The molecule has 1 saturated heterocycles. The van der Waals surface area contributed by atoms with E-state index in [4.69, 9.17) is 5.11 Å². The van der Waals surface area contributed by atoms with E-state index in [9.17, 15) is 14.4 Å². The summed E-state index contributed by atoms with van der Waals surface area (Å²) in [5.74, 6) is -1.03. The molecule has 19 heavy (non-hydrogen) atoms. The molecule has 1 aromatic rings. The Hall–Kier alpha value is -1.29. The molecule has 100 valence electrons. The molecular formula is C11H9IN2O4S. The molecule has 1 aliphatic rings. The minimum atomic E-state index is -1.06. The first-order valence-electron chi connectivity index (χ1n) is 5.24. The van der Waals surface area contributed by atoms with Gasteiger partial charge in [0.2, 0.25) is 5.91 Å². The number of benzene rings is 1. The Bertz CT molecular complexity index is 564. The lowest BCUT2D eigenvalue weighted by Gasteiger charge is -2.11. The van der Waals surface area contributed by atoms with Crippen molar-refractivity contribution in [1.82, 2.24) is 5.32 Å². The Balaban J connectivity index is 2.12. The van der Waals surface area contributed by atoms with Gasteiger partial charge in [-0.15, -0.1) is 0 Å². The van der Waals surface area contributed by atoms with Gasteiger partial charge in [-0.25, -0.2) is 4.79 Å². The SMILES string of the molecule is O=C1NC(C(=O)Nc2cc(I)cc(C(=O)O)c2)CS1. The first-order valence-corrected chi connectivity index (χ1v) is 7.30. The molecule has 0 saturated carbocycles. The molecule has 0 bridgehead atoms. The van der Waals surface area contributed by atoms with Crippen LogP contribution in [0.25, 0.3) is 0 Å². The van der Waals surface area contributed by atoms with Crippen molar-refractivity contribution < 1.29 is 19.5 Å². The topological polar surface area (TPSA) is 95.5 Å². The zero-order valence-corrected chi connectivity index (χ0v) is 12.4. The summed E-state index contributed by atoms with van der Waals surface area (Å²) >= 11 is 3.02. The highest BCUT2D eigenvalue weighted by Gasteiger charge is 2.28. The average molecular weight is 392 g/mol. The van der Waals surface area contributed by atoms with Gasteiger partial charge in [-0.05, 0) is 40.8 Å². The lowest BCUT2D eigenvalue weighted by Crippen LogP contribution is -2.38. The van der Waals surface area contributed by atoms with Gasteiger partial charge in [-0.3, -0.25) is 9.59 Å². The second-order valence-corrected chi connectivity index (χ2v) is 6.06. The highest BCUT2D eigenvalue weighted by molar-refractivity contribution is 14.1. The molecule has 2 rings (SSSR count). The fourth-order valence-electron chi connectivity index (χ4n) is 1.54. The number of carbonyl (C=O) groups is 3. The predicted molar refractivity (Wildman–Crippen MR) is 79.5 cm³/mol. The van der Waals surface area contributed by atoms with E-state index >= 15 is 0 Å². The van der Waals surface area contributed by atoms with Gasteiger partial charge in [-0.2, -0.15) is 0 Å². The smallest absolute Gasteiger partial charge is 0.335 e. The van der Waals surface area contributed by atoms with Crippen molar-refractivity contribution in [2.45, 2.75) is 6.04 Å². The number of aromatic carboxylic acids is 1. The molecule has 1 fully saturated rings. The molecule has 1 aliphatic heterocycles. The minimum Gasteiger partial charge on any atom is -0.478 e. The number of halogens is 1. The number of hydrogen-bond donors (Lipinski definition) is 3. The maximum Gasteiger partial charge on any atom is 0.335 e. The van der Waals surface area contributed by atoms with E-state index in [0.29, 0.717) is 15.0 Å². The van der Waals surface area contributed by atoms with Crippen LogP contribution < -0.4 is 10.6 Å². The van der Waals surface area contributed by atoms with Crippen LogP contribution in [0.15, 0.2) is 18.2 Å². The normalized spacial score (nSPS) is 17.9. The highest BCUT2D eigenvalue weighted by atomic mass is 127. The van der Waals surface area contributed by atoms with Crippen molar-refractivity contribution in [3.63, 3.8) is 0 Å². The van der Waals surface area contributed by atoms with E-state index in [1.165, 1.54) is 12.1 Å². The molecule has 1 heterocycles. The number of nitrogens with one attached hydrogen (secondary N) is 2. The molecule has 0 spiro atoms. The zero-order chi connectivity index (χ0) is 14.0. The van der Waals surface area contributed by atoms with E-state index in [1.807, 2.05) is 22.6 Å². The van der Waals surface area contributed by atoms with E-state index in [-0.39, 0.29) is 16.7 Å². The standard InChI is InChI=1S/C11H9IN2O4S/c12-6-1-5(10(16)17)2-7(3-6)13-9(15)8-4-19-11(18)14-8/h1-3,8H,4H2,(H,13,15)(H,14,18)(H,16,17). The van der Waals surface area contributed by atoms with Crippen molar-refractivity contribution in [2.75, 3.05) is 11.1 Å². The van der Waals surface area contributed by atoms with Gasteiger partial charge in [-0.1, -0.05) is 11.8 Å². The lowest BCUT2D eigenvalue weighted by molar-refractivity contribution is -0.117. The fourth-order valence-corrected chi connectivity index (χ4v) is 2.99. The molecule has 1 aromatic carbocycles. The monoisotopic (exact) mass is 392 g/mol. The van der Waals surface area contributed by atoms with Gasteiger partial charge in [0.1, 0.15) is 6.04 Å². The van der Waals surface area contributed by atoms with Crippen LogP contribution >= 0.6 is 34.4 Å². The van der Waals surface area contributed by atoms with Crippen molar-refractivity contribution in [3.8, 4) is 0 Å². The molecule has 0 radical (unpaired) electrons. The molecule has 6 nitrogen and oxygen atoms in total. The number of rotatable bonds is 3. The number of thioether (sulfide) groups is 1. The van der Waals surface area contributed by atoms with Crippen molar-refractivity contribution in [1.29, 1.82) is 0 Å². The maximum absolute atomic E-state index is 11.9. The molecule has 0 aromatic heterocycles. The quantitative estimate of drug-likeness (QED) is 0.682. The van der Waals surface area contributed by atoms with Crippen LogP contribution in [0.1, 0.15) is 10.4 Å². The number of carbonyl (C=O) groups excluding carboxylic acids is 2. The second kappa shape index (κ2) is 5.78. The maximum atomic E-state index is 11.9. The average Bonchev–Trinajstić information content (AvgIpc) is 2.75. The van der Waals surface area contributed by atoms with Gasteiger partial charge in [0.15, 0.2) is 0 Å². The Morgan fingerprint density at radius 2 is 2.16 bits per heavy atom. The Kier molecular flexibility index (Phi) is 4.30. The number of hydrogen-bond acceptors (Lipinski definition) is 4. The van der Waals surface area contributed by atoms with Crippen molar-refractivity contribution in [3.05, 3.63) is 27.3 Å². The largest absolute Gasteiger partial charge is 0.478 e. The summed E-state index contributed by atoms with van der Waals surface area (Å²) in [6.45, 7) is 0. The molecule has 1 unspecified atom stereocenters. The van der Waals surface area contributed by atoms with Crippen LogP contribution in [0, 0.1) is 3.57 Å². The zero-order valence-electron chi connectivity index (χ0n) is 9.47. The van der Waals surface area contributed by atoms with Crippen LogP contribution in [0.5, 0.6) is 0 Å². The Morgan fingerprint density at radius 3 is 2.74 bits per heavy atom. The highest BCUT2D eigenvalue weighted by Crippen LogP contribution is 2.19. The van der Waals surface area contributed by atoms with E-state index in [2.05, 4.69) is 10.6 Å². The molecule has 2 amide bonds. The van der Waals surface area contributed by atoms with Gasteiger partial charge >= 0.3 is 5.97 Å². The minimum absolute atomic E-state index is 0.104. The summed E-state index contributed by atoms with van der Waals surface area (Å²) in [7, 11) is 0. The molecule has 8 heteroatoms. The van der Waals surface area contributed by atoms with E-state index in [0.717, 1.165) is 11.8 Å². The summed E-state index contributed by atoms with van der Waals surface area (Å²) in [6.07, 6.45) is 0. The Morgan fingerprint density at radius 1 is 1.42 bits per heavy atom. The summed E-state index contributed by atoms with van der Waals surface area (Å²) in [5.41, 5.74) is 0.507. The van der Waals surface area contributed by atoms with Crippen LogP contribution in [0.2, 0.25) is 0 Å². The van der Waals surface area contributed by atoms with Crippen LogP contribution in [0.3, 0.4) is 0 Å². The first kappa shape index (κ1) is 14.1. The van der Waals surface area contributed by atoms with E-state index < -0.39 is 12.0 Å². The summed E-state index contributed by atoms with van der Waals surface area (Å²) < 4.78 is 0.706. The molecule has 0 aliphatic carbocycles. The second-order valence-electron chi connectivity index (χ2n) is 3.82. The van der Waals surface area contributed by atoms with Gasteiger partial charge in [0.05, 0.1) is 5.56 Å². The number of amides is 2. The molecule has 3 N–H and O–H groups in total. The van der Waals surface area contributed by atoms with Gasteiger partial charge < -0.3 is 15.7 Å². The third-order valence-corrected chi connectivity index (χ3v) is 3.90.